The molecule has 0 spiro atoms. The van der Waals surface area contributed by atoms with Crippen LogP contribution in [-0.2, 0) is 12.8 Å². The number of thiazole rings is 1. The predicted molar refractivity (Wildman–Crippen MR) is 107 cm³/mol. The van der Waals surface area contributed by atoms with Crippen LogP contribution < -0.4 is 10.3 Å². The quantitative estimate of drug-likeness (QED) is 0.480. The lowest BCUT2D eigenvalue weighted by Gasteiger charge is -2.05. The van der Waals surface area contributed by atoms with Gasteiger partial charge in [0.25, 0.3) is 5.56 Å². The van der Waals surface area contributed by atoms with E-state index >= 15 is 0 Å². The van der Waals surface area contributed by atoms with Crippen molar-refractivity contribution in [3.8, 4) is 17.1 Å². The van der Waals surface area contributed by atoms with E-state index in [4.69, 9.17) is 4.74 Å². The SMILES string of the molecule is COc1ccc(-c2nnc(SCc3cc(=O)n4c(C)csc4n3)n2C)cc1. The van der Waals surface area contributed by atoms with Gasteiger partial charge in [0.2, 0.25) is 0 Å². The standard InChI is InChI=1S/C18H17N5O2S2/c1-11-9-26-17-19-13(8-15(24)23(11)17)10-27-18-21-20-16(22(18)2)12-4-6-14(25-3)7-5-12/h4-9H,10H2,1-3H3. The largest absolute Gasteiger partial charge is 0.497 e. The van der Waals surface area contributed by atoms with Gasteiger partial charge in [-0.1, -0.05) is 11.8 Å². The van der Waals surface area contributed by atoms with Crippen molar-refractivity contribution in [3.05, 3.63) is 57.5 Å². The number of aryl methyl sites for hydroxylation is 1. The van der Waals surface area contributed by atoms with Gasteiger partial charge in [0.05, 0.1) is 12.8 Å². The summed E-state index contributed by atoms with van der Waals surface area (Å²) in [7, 11) is 3.57. The van der Waals surface area contributed by atoms with Gasteiger partial charge < -0.3 is 9.30 Å². The molecule has 7 nitrogen and oxygen atoms in total. The summed E-state index contributed by atoms with van der Waals surface area (Å²) in [5, 5.41) is 11.3. The van der Waals surface area contributed by atoms with Crippen LogP contribution in [0.4, 0.5) is 0 Å². The van der Waals surface area contributed by atoms with Crippen LogP contribution in [0, 0.1) is 6.92 Å². The number of aromatic nitrogens is 5. The van der Waals surface area contributed by atoms with Crippen LogP contribution in [0.3, 0.4) is 0 Å². The molecule has 4 aromatic rings. The van der Waals surface area contributed by atoms with Crippen molar-refractivity contribution in [2.75, 3.05) is 7.11 Å². The smallest absolute Gasteiger partial charge is 0.258 e. The average molecular weight is 400 g/mol. The van der Waals surface area contributed by atoms with Crippen molar-refractivity contribution in [1.29, 1.82) is 0 Å². The average Bonchev–Trinajstić information content (AvgIpc) is 3.23. The Bertz CT molecular complexity index is 1160. The molecule has 0 saturated heterocycles. The van der Waals surface area contributed by atoms with Crippen LogP contribution in [0.1, 0.15) is 11.4 Å². The molecule has 138 valence electrons. The van der Waals surface area contributed by atoms with Crippen LogP contribution >= 0.6 is 23.1 Å². The molecule has 3 heterocycles. The summed E-state index contributed by atoms with van der Waals surface area (Å²) in [5.74, 6) is 2.13. The highest BCUT2D eigenvalue weighted by Crippen LogP contribution is 2.26. The maximum atomic E-state index is 12.3. The maximum absolute atomic E-state index is 12.3. The Labute approximate surface area is 163 Å². The van der Waals surface area contributed by atoms with Gasteiger partial charge >= 0.3 is 0 Å². The molecule has 0 aliphatic carbocycles. The molecule has 0 unspecified atom stereocenters. The molecule has 0 amide bonds. The van der Waals surface area contributed by atoms with Crippen LogP contribution in [0.2, 0.25) is 0 Å². The van der Waals surface area contributed by atoms with Gasteiger partial charge in [-0.25, -0.2) is 4.98 Å². The molecule has 9 heteroatoms. The van der Waals surface area contributed by atoms with E-state index in [1.165, 1.54) is 23.1 Å². The molecule has 0 atom stereocenters. The van der Waals surface area contributed by atoms with Gasteiger partial charge in [0, 0.05) is 35.5 Å². The second kappa shape index (κ2) is 7.16. The van der Waals surface area contributed by atoms with E-state index in [0.29, 0.717) is 10.7 Å². The third-order valence-corrected chi connectivity index (χ3v) is 6.16. The summed E-state index contributed by atoms with van der Waals surface area (Å²) >= 11 is 2.98. The van der Waals surface area contributed by atoms with Gasteiger partial charge in [-0.2, -0.15) is 0 Å². The zero-order valence-electron chi connectivity index (χ0n) is 15.0. The zero-order valence-corrected chi connectivity index (χ0v) is 16.7. The fraction of sp³-hybridized carbons (Fsp3) is 0.222. The molecule has 0 aliphatic rings. The predicted octanol–water partition coefficient (Wildman–Crippen LogP) is 3.16. The van der Waals surface area contributed by atoms with E-state index in [-0.39, 0.29) is 5.56 Å². The molecule has 4 rings (SSSR count). The lowest BCUT2D eigenvalue weighted by molar-refractivity contribution is 0.415. The number of nitrogens with zero attached hydrogens (tertiary/aromatic N) is 5. The second-order valence-corrected chi connectivity index (χ2v) is 7.74. The molecule has 0 saturated carbocycles. The summed E-state index contributed by atoms with van der Waals surface area (Å²) < 4.78 is 8.75. The first kappa shape index (κ1) is 17.7. The third-order valence-electron chi connectivity index (χ3n) is 4.16. The van der Waals surface area contributed by atoms with Crippen LogP contribution in [-0.4, -0.2) is 31.3 Å². The normalized spacial score (nSPS) is 11.2. The molecule has 3 aromatic heterocycles. The number of fused-ring (bicyclic) bond motifs is 1. The summed E-state index contributed by atoms with van der Waals surface area (Å²) in [5.41, 5.74) is 2.56. The van der Waals surface area contributed by atoms with Crippen molar-refractivity contribution in [1.82, 2.24) is 24.1 Å². The fourth-order valence-corrected chi connectivity index (χ4v) is 4.44. The number of methoxy groups -OCH3 is 1. The third kappa shape index (κ3) is 3.35. The molecular formula is C18H17N5O2S2. The van der Waals surface area contributed by atoms with Crippen molar-refractivity contribution in [3.63, 3.8) is 0 Å². The lowest BCUT2D eigenvalue weighted by atomic mass is 10.2. The Hall–Kier alpha value is -2.65. The second-order valence-electron chi connectivity index (χ2n) is 5.96. The minimum atomic E-state index is -0.0498. The zero-order chi connectivity index (χ0) is 19.0. The van der Waals surface area contributed by atoms with Crippen molar-refractivity contribution in [2.45, 2.75) is 17.8 Å². The van der Waals surface area contributed by atoms with Crippen molar-refractivity contribution >= 4 is 28.1 Å². The Morgan fingerprint density at radius 1 is 1.22 bits per heavy atom. The summed E-state index contributed by atoms with van der Waals surface area (Å²) in [6.45, 7) is 1.90. The van der Waals surface area contributed by atoms with Crippen LogP contribution in [0.25, 0.3) is 16.3 Å². The maximum Gasteiger partial charge on any atom is 0.258 e. The topological polar surface area (TPSA) is 74.3 Å². The van der Waals surface area contributed by atoms with E-state index in [9.17, 15) is 4.79 Å². The molecule has 0 bridgehead atoms. The van der Waals surface area contributed by atoms with E-state index in [1.54, 1.807) is 17.6 Å². The molecule has 0 N–H and O–H groups in total. The summed E-state index contributed by atoms with van der Waals surface area (Å²) in [6.07, 6.45) is 0. The molecule has 0 fully saturated rings. The number of benzene rings is 1. The monoisotopic (exact) mass is 399 g/mol. The molecular weight excluding hydrogens is 382 g/mol. The van der Waals surface area contributed by atoms with E-state index in [0.717, 1.165) is 33.7 Å². The minimum absolute atomic E-state index is 0.0498. The highest BCUT2D eigenvalue weighted by Gasteiger charge is 2.13. The van der Waals surface area contributed by atoms with Gasteiger partial charge in [-0.15, -0.1) is 21.5 Å². The fourth-order valence-electron chi connectivity index (χ4n) is 2.75. The van der Waals surface area contributed by atoms with E-state index < -0.39 is 0 Å². The van der Waals surface area contributed by atoms with Crippen molar-refractivity contribution in [2.24, 2.45) is 7.05 Å². The van der Waals surface area contributed by atoms with Crippen LogP contribution in [0.15, 0.2) is 45.7 Å². The summed E-state index contributed by atoms with van der Waals surface area (Å²) in [4.78, 5) is 17.6. The number of hydrogen-bond donors (Lipinski definition) is 0. The number of rotatable bonds is 5. The Morgan fingerprint density at radius 2 is 2.00 bits per heavy atom. The highest BCUT2D eigenvalue weighted by atomic mass is 32.2. The number of thioether (sulfide) groups is 1. The molecule has 0 aliphatic heterocycles. The molecule has 1 aromatic carbocycles. The Kier molecular flexibility index (Phi) is 4.71. The van der Waals surface area contributed by atoms with E-state index in [2.05, 4.69) is 15.2 Å². The first-order chi connectivity index (χ1) is 13.1. The van der Waals surface area contributed by atoms with Gasteiger partial charge in [-0.3, -0.25) is 9.20 Å². The Morgan fingerprint density at radius 3 is 2.74 bits per heavy atom. The Balaban J connectivity index is 1.55. The minimum Gasteiger partial charge on any atom is -0.497 e. The van der Waals surface area contributed by atoms with Crippen LogP contribution in [0.5, 0.6) is 5.75 Å². The van der Waals surface area contributed by atoms with Gasteiger partial charge in [-0.05, 0) is 31.2 Å². The van der Waals surface area contributed by atoms with Gasteiger partial charge in [0.1, 0.15) is 5.75 Å². The lowest BCUT2D eigenvalue weighted by Crippen LogP contribution is -2.14. The van der Waals surface area contributed by atoms with Gasteiger partial charge in [0.15, 0.2) is 15.9 Å². The number of ether oxygens (including phenoxy) is 1. The molecule has 0 radical (unpaired) electrons. The summed E-state index contributed by atoms with van der Waals surface area (Å²) in [6, 6.07) is 9.28. The van der Waals surface area contributed by atoms with E-state index in [1.807, 2.05) is 48.2 Å². The number of hydrogen-bond acceptors (Lipinski definition) is 7. The first-order valence-electron chi connectivity index (χ1n) is 8.20. The first-order valence-corrected chi connectivity index (χ1v) is 10.1. The van der Waals surface area contributed by atoms with Crippen molar-refractivity contribution < 1.29 is 4.74 Å². The highest BCUT2D eigenvalue weighted by molar-refractivity contribution is 7.98. The molecule has 27 heavy (non-hydrogen) atoms.